The second kappa shape index (κ2) is 8.54. The van der Waals surface area contributed by atoms with E-state index >= 15 is 0 Å². The molecule has 3 aromatic rings. The molecule has 0 aliphatic heterocycles. The molecule has 0 amide bonds. The van der Waals surface area contributed by atoms with Crippen LogP contribution in [0, 0.1) is 0 Å². The number of methoxy groups -OCH3 is 2. The predicted octanol–water partition coefficient (Wildman–Crippen LogP) is 5.03. The van der Waals surface area contributed by atoms with E-state index in [0.717, 1.165) is 16.0 Å². The Morgan fingerprint density at radius 2 is 1.64 bits per heavy atom. The van der Waals surface area contributed by atoms with E-state index in [1.165, 1.54) is 30.3 Å². The number of hydrogen-bond acceptors (Lipinski definition) is 5. The third kappa shape index (κ3) is 4.13. The number of ketones is 1. The summed E-state index contributed by atoms with van der Waals surface area (Å²) in [6.07, 6.45) is 3.13. The Kier molecular flexibility index (Phi) is 5.91. The molecule has 0 aliphatic rings. The Labute approximate surface area is 166 Å². The van der Waals surface area contributed by atoms with Crippen molar-refractivity contribution < 1.29 is 24.2 Å². The van der Waals surface area contributed by atoms with Crippen molar-refractivity contribution in [3.05, 3.63) is 76.7 Å². The molecule has 142 valence electrons. The first-order valence-electron chi connectivity index (χ1n) is 8.39. The number of benzene rings is 2. The van der Waals surface area contributed by atoms with Gasteiger partial charge in [0, 0.05) is 27.6 Å². The molecule has 0 radical (unpaired) electrons. The van der Waals surface area contributed by atoms with Crippen LogP contribution in [0.5, 0.6) is 11.5 Å². The van der Waals surface area contributed by atoms with Crippen LogP contribution in [0.2, 0.25) is 0 Å². The lowest BCUT2D eigenvalue weighted by molar-refractivity contribution is 0.0696. The smallest absolute Gasteiger partial charge is 0.335 e. The third-order valence-corrected chi connectivity index (χ3v) is 5.07. The van der Waals surface area contributed by atoms with Gasteiger partial charge < -0.3 is 14.6 Å². The van der Waals surface area contributed by atoms with E-state index < -0.39 is 5.97 Å². The topological polar surface area (TPSA) is 72.8 Å². The van der Waals surface area contributed by atoms with Crippen molar-refractivity contribution in [1.82, 2.24) is 0 Å². The number of rotatable bonds is 7. The lowest BCUT2D eigenvalue weighted by atomic mass is 10.0. The highest BCUT2D eigenvalue weighted by atomic mass is 32.1. The number of carboxylic acid groups (broad SMARTS) is 1. The molecule has 1 heterocycles. The first-order chi connectivity index (χ1) is 13.5. The van der Waals surface area contributed by atoms with E-state index in [1.807, 2.05) is 23.6 Å². The normalized spacial score (nSPS) is 10.8. The standard InChI is InChI=1S/C22H18O5S/c1-26-19-13-20(27-2)17(21-4-3-11-28-21)12-16(19)9-10-18(23)14-5-7-15(8-6-14)22(24)25/h3-13H,1-2H3,(H,24,25). The summed E-state index contributed by atoms with van der Waals surface area (Å²) in [6, 6.07) is 13.5. The molecule has 2 aromatic carbocycles. The zero-order valence-electron chi connectivity index (χ0n) is 15.3. The van der Waals surface area contributed by atoms with Gasteiger partial charge in [-0.15, -0.1) is 11.3 Å². The molecule has 0 spiro atoms. The number of hydrogen-bond donors (Lipinski definition) is 1. The number of carbonyl (C=O) groups is 2. The SMILES string of the molecule is COc1cc(OC)c(-c2cccs2)cc1C=CC(=O)c1ccc(C(=O)O)cc1. The highest BCUT2D eigenvalue weighted by Gasteiger charge is 2.13. The Morgan fingerprint density at radius 3 is 2.21 bits per heavy atom. The highest BCUT2D eigenvalue weighted by molar-refractivity contribution is 7.13. The van der Waals surface area contributed by atoms with Crippen LogP contribution in [0.4, 0.5) is 0 Å². The molecule has 0 atom stereocenters. The fourth-order valence-corrected chi connectivity index (χ4v) is 3.46. The van der Waals surface area contributed by atoms with Gasteiger partial charge in [-0.2, -0.15) is 0 Å². The van der Waals surface area contributed by atoms with Crippen LogP contribution >= 0.6 is 11.3 Å². The molecule has 0 saturated carbocycles. The largest absolute Gasteiger partial charge is 0.496 e. The first kappa shape index (κ1) is 19.4. The van der Waals surface area contributed by atoms with Crippen molar-refractivity contribution in [2.45, 2.75) is 0 Å². The molecule has 0 fully saturated rings. The third-order valence-electron chi connectivity index (χ3n) is 4.17. The molecule has 1 N–H and O–H groups in total. The predicted molar refractivity (Wildman–Crippen MR) is 110 cm³/mol. The summed E-state index contributed by atoms with van der Waals surface area (Å²) < 4.78 is 10.9. The van der Waals surface area contributed by atoms with Crippen molar-refractivity contribution >= 4 is 29.2 Å². The van der Waals surface area contributed by atoms with E-state index in [-0.39, 0.29) is 11.3 Å². The molecule has 6 heteroatoms. The van der Waals surface area contributed by atoms with Crippen LogP contribution in [-0.4, -0.2) is 31.1 Å². The van der Waals surface area contributed by atoms with Gasteiger partial charge in [-0.25, -0.2) is 4.79 Å². The van der Waals surface area contributed by atoms with E-state index in [0.29, 0.717) is 17.1 Å². The average Bonchev–Trinajstić information content (AvgIpc) is 3.26. The summed E-state index contributed by atoms with van der Waals surface area (Å²) in [4.78, 5) is 24.4. The van der Waals surface area contributed by atoms with Crippen LogP contribution in [0.1, 0.15) is 26.3 Å². The number of thiophene rings is 1. The van der Waals surface area contributed by atoms with Gasteiger partial charge in [0.15, 0.2) is 5.78 Å². The van der Waals surface area contributed by atoms with Gasteiger partial charge in [0.1, 0.15) is 11.5 Å². The van der Waals surface area contributed by atoms with Crippen LogP contribution in [-0.2, 0) is 0 Å². The van der Waals surface area contributed by atoms with Crippen molar-refractivity contribution in [3.63, 3.8) is 0 Å². The van der Waals surface area contributed by atoms with Gasteiger partial charge >= 0.3 is 5.97 Å². The molecule has 0 saturated heterocycles. The zero-order valence-corrected chi connectivity index (χ0v) is 16.2. The van der Waals surface area contributed by atoms with Gasteiger partial charge in [0.25, 0.3) is 0 Å². The molecule has 1 aromatic heterocycles. The van der Waals surface area contributed by atoms with Gasteiger partial charge in [0.2, 0.25) is 0 Å². The summed E-state index contributed by atoms with van der Waals surface area (Å²) in [5, 5.41) is 10.9. The van der Waals surface area contributed by atoms with Gasteiger partial charge in [-0.05, 0) is 41.8 Å². The maximum Gasteiger partial charge on any atom is 0.335 e. The Bertz CT molecular complexity index is 1020. The minimum absolute atomic E-state index is 0.137. The maximum atomic E-state index is 12.4. The van der Waals surface area contributed by atoms with E-state index in [4.69, 9.17) is 14.6 Å². The lowest BCUT2D eigenvalue weighted by Crippen LogP contribution is -1.99. The molecule has 0 aliphatic carbocycles. The van der Waals surface area contributed by atoms with E-state index in [1.54, 1.807) is 37.7 Å². The maximum absolute atomic E-state index is 12.4. The summed E-state index contributed by atoms with van der Waals surface area (Å²) in [7, 11) is 3.16. The number of ether oxygens (including phenoxy) is 2. The Balaban J connectivity index is 1.93. The monoisotopic (exact) mass is 394 g/mol. The second-order valence-electron chi connectivity index (χ2n) is 5.85. The van der Waals surface area contributed by atoms with Crippen molar-refractivity contribution in [2.75, 3.05) is 14.2 Å². The summed E-state index contributed by atoms with van der Waals surface area (Å²) in [5.41, 5.74) is 2.20. The Hall–Kier alpha value is -3.38. The van der Waals surface area contributed by atoms with E-state index in [2.05, 4.69) is 0 Å². The highest BCUT2D eigenvalue weighted by Crippen LogP contribution is 2.38. The van der Waals surface area contributed by atoms with Crippen molar-refractivity contribution in [1.29, 1.82) is 0 Å². The molecule has 5 nitrogen and oxygen atoms in total. The van der Waals surface area contributed by atoms with Gasteiger partial charge in [0.05, 0.1) is 19.8 Å². The molecular formula is C22H18O5S. The summed E-state index contributed by atoms with van der Waals surface area (Å²) in [6.45, 7) is 0. The summed E-state index contributed by atoms with van der Waals surface area (Å²) >= 11 is 1.59. The first-order valence-corrected chi connectivity index (χ1v) is 9.27. The Morgan fingerprint density at radius 1 is 0.964 bits per heavy atom. The van der Waals surface area contributed by atoms with Gasteiger partial charge in [-0.3, -0.25) is 4.79 Å². The quantitative estimate of drug-likeness (QED) is 0.450. The van der Waals surface area contributed by atoms with Crippen LogP contribution in [0.3, 0.4) is 0 Å². The van der Waals surface area contributed by atoms with Crippen LogP contribution in [0.15, 0.2) is 60.0 Å². The number of carbonyl (C=O) groups excluding carboxylic acids is 1. The second-order valence-corrected chi connectivity index (χ2v) is 6.80. The van der Waals surface area contributed by atoms with Crippen molar-refractivity contribution in [3.8, 4) is 21.9 Å². The number of allylic oxidation sites excluding steroid dienone is 1. The molecule has 28 heavy (non-hydrogen) atoms. The molecule has 0 bridgehead atoms. The lowest BCUT2D eigenvalue weighted by Gasteiger charge is -2.12. The van der Waals surface area contributed by atoms with Gasteiger partial charge in [-0.1, -0.05) is 18.2 Å². The average molecular weight is 394 g/mol. The van der Waals surface area contributed by atoms with Crippen molar-refractivity contribution in [2.24, 2.45) is 0 Å². The molecular weight excluding hydrogens is 376 g/mol. The fraction of sp³-hybridized carbons (Fsp3) is 0.0909. The molecule has 3 rings (SSSR count). The zero-order chi connectivity index (χ0) is 20.1. The fourth-order valence-electron chi connectivity index (χ4n) is 2.72. The minimum Gasteiger partial charge on any atom is -0.496 e. The number of carboxylic acids is 1. The van der Waals surface area contributed by atoms with E-state index in [9.17, 15) is 9.59 Å². The van der Waals surface area contributed by atoms with Crippen LogP contribution < -0.4 is 9.47 Å². The summed E-state index contributed by atoms with van der Waals surface area (Å²) in [5.74, 6) is 0.0144. The van der Waals surface area contributed by atoms with Crippen LogP contribution in [0.25, 0.3) is 16.5 Å². The molecule has 0 unspecified atom stereocenters. The number of aromatic carboxylic acids is 1. The minimum atomic E-state index is -1.03.